The van der Waals surface area contributed by atoms with Crippen LogP contribution in [0.1, 0.15) is 272 Å². The first-order valence-electron chi connectivity index (χ1n) is 21.6. The zero-order valence-electron chi connectivity index (χ0n) is 32.9. The van der Waals surface area contributed by atoms with E-state index in [0.717, 1.165) is 0 Å². The summed E-state index contributed by atoms with van der Waals surface area (Å²) >= 11 is 0. The molecule has 0 aromatic rings. The Bertz CT molecular complexity index is 502. The molecule has 0 rings (SSSR count). The van der Waals surface area contributed by atoms with E-state index in [1.807, 2.05) is 0 Å². The lowest BCUT2D eigenvalue weighted by Gasteiger charge is -2.22. The Balaban J connectivity index is 0. The molecular weight excluding hydrogens is 540 g/mol. The molecule has 0 aromatic heterocycles. The van der Waals surface area contributed by atoms with Crippen molar-refractivity contribution in [1.29, 1.82) is 0 Å². The van der Waals surface area contributed by atoms with Crippen LogP contribution in [0.25, 0.3) is 0 Å². The van der Waals surface area contributed by atoms with Gasteiger partial charge in [0.25, 0.3) is 0 Å². The van der Waals surface area contributed by atoms with Gasteiger partial charge in [0.2, 0.25) is 0 Å². The lowest BCUT2D eigenvalue weighted by atomic mass is 9.84. The molecule has 45 heavy (non-hydrogen) atoms. The van der Waals surface area contributed by atoms with Gasteiger partial charge < -0.3 is 0 Å². The Morgan fingerprint density at radius 1 is 0.333 bits per heavy atom. The third kappa shape index (κ3) is 45.9. The Labute approximate surface area is 289 Å². The number of hydrogen-bond acceptors (Lipinski definition) is 0. The van der Waals surface area contributed by atoms with Crippen LogP contribution in [0.5, 0.6) is 0 Å². The maximum Gasteiger partial charge on any atom is -0.0353 e. The molecule has 272 valence electrons. The van der Waals surface area contributed by atoms with E-state index in [2.05, 4.69) is 47.3 Å². The lowest BCUT2D eigenvalue weighted by molar-refractivity contribution is 0.307. The fourth-order valence-corrected chi connectivity index (χ4v) is 6.52. The van der Waals surface area contributed by atoms with Gasteiger partial charge in [-0.05, 0) is 24.7 Å². The predicted molar refractivity (Wildman–Crippen MR) is 212 cm³/mol. The standard InChI is InChI=1S/C26H52.C19H40/c1-3-5-7-9-11-13-15-17-19-21-23-25-26-24-22-20-18-16-14-12-10-8-6-4-2;1-5-7-8-9-10-11-12-13-14-15-16-17-18-19(3,4)6-2/h3H,1,4-26H2,2H3;5-18H2,1-4H3. The van der Waals surface area contributed by atoms with Crippen molar-refractivity contribution in [3.8, 4) is 0 Å². The van der Waals surface area contributed by atoms with Crippen LogP contribution in [-0.4, -0.2) is 0 Å². The molecule has 0 radical (unpaired) electrons. The van der Waals surface area contributed by atoms with E-state index in [-0.39, 0.29) is 0 Å². The molecule has 0 aliphatic rings. The molecule has 0 heteroatoms. The highest BCUT2D eigenvalue weighted by Crippen LogP contribution is 2.27. The molecule has 0 nitrogen and oxygen atoms in total. The summed E-state index contributed by atoms with van der Waals surface area (Å²) in [6.45, 7) is 15.5. The molecule has 0 heterocycles. The second kappa shape index (κ2) is 41.8. The van der Waals surface area contributed by atoms with Crippen molar-refractivity contribution >= 4 is 0 Å². The molecule has 0 N–H and O–H groups in total. The minimum Gasteiger partial charge on any atom is -0.103 e. The first-order valence-corrected chi connectivity index (χ1v) is 21.6. The highest BCUT2D eigenvalue weighted by atomic mass is 14.2. The fraction of sp³-hybridized carbons (Fsp3) is 0.956. The maximum absolute atomic E-state index is 3.79. The quantitative estimate of drug-likeness (QED) is 0.0472. The van der Waals surface area contributed by atoms with Gasteiger partial charge in [0.05, 0.1) is 0 Å². The summed E-state index contributed by atoms with van der Waals surface area (Å²) in [7, 11) is 0. The van der Waals surface area contributed by atoms with Gasteiger partial charge in [0.15, 0.2) is 0 Å². The first kappa shape index (κ1) is 46.9. The van der Waals surface area contributed by atoms with Crippen molar-refractivity contribution in [2.75, 3.05) is 0 Å². The number of allylic oxidation sites excluding steroid dienone is 1. The third-order valence-electron chi connectivity index (χ3n) is 10.4. The second-order valence-corrected chi connectivity index (χ2v) is 15.7. The third-order valence-corrected chi connectivity index (χ3v) is 10.4. The molecule has 0 amide bonds. The summed E-state index contributed by atoms with van der Waals surface area (Å²) in [5.41, 5.74) is 0.582. The Morgan fingerprint density at radius 2 is 0.556 bits per heavy atom. The van der Waals surface area contributed by atoms with Crippen molar-refractivity contribution in [1.82, 2.24) is 0 Å². The van der Waals surface area contributed by atoms with Crippen LogP contribution in [0.15, 0.2) is 12.7 Å². The van der Waals surface area contributed by atoms with Crippen LogP contribution >= 0.6 is 0 Å². The van der Waals surface area contributed by atoms with E-state index in [1.54, 1.807) is 0 Å². The molecule has 0 aliphatic carbocycles. The monoisotopic (exact) mass is 633 g/mol. The van der Waals surface area contributed by atoms with E-state index >= 15 is 0 Å². The average Bonchev–Trinajstić information content (AvgIpc) is 3.04. The molecule has 0 saturated heterocycles. The minimum absolute atomic E-state index is 0.582. The second-order valence-electron chi connectivity index (χ2n) is 15.7. The largest absolute Gasteiger partial charge is 0.103 e. The van der Waals surface area contributed by atoms with Gasteiger partial charge in [-0.3, -0.25) is 0 Å². The Hall–Kier alpha value is -0.260. The van der Waals surface area contributed by atoms with Crippen LogP contribution in [0.3, 0.4) is 0 Å². The van der Waals surface area contributed by atoms with E-state index in [0.29, 0.717) is 5.41 Å². The zero-order valence-corrected chi connectivity index (χ0v) is 32.9. The van der Waals surface area contributed by atoms with Gasteiger partial charge >= 0.3 is 0 Å². The van der Waals surface area contributed by atoms with E-state index in [9.17, 15) is 0 Å². The summed E-state index contributed by atoms with van der Waals surface area (Å²) in [5, 5.41) is 0. The van der Waals surface area contributed by atoms with Gasteiger partial charge in [0.1, 0.15) is 0 Å². The van der Waals surface area contributed by atoms with E-state index in [1.165, 1.54) is 238 Å². The van der Waals surface area contributed by atoms with Crippen LogP contribution in [-0.2, 0) is 0 Å². The van der Waals surface area contributed by atoms with Crippen LogP contribution in [0.4, 0.5) is 0 Å². The van der Waals surface area contributed by atoms with Gasteiger partial charge in [0, 0.05) is 0 Å². The summed E-state index contributed by atoms with van der Waals surface area (Å²) in [6.07, 6.45) is 55.7. The Kier molecular flexibility index (Phi) is 43.5. The molecule has 0 unspecified atom stereocenters. The van der Waals surface area contributed by atoms with Gasteiger partial charge in [-0.15, -0.1) is 6.58 Å². The summed E-state index contributed by atoms with van der Waals surface area (Å²) in [6, 6.07) is 0. The van der Waals surface area contributed by atoms with Crippen LogP contribution in [0, 0.1) is 5.41 Å². The van der Waals surface area contributed by atoms with Gasteiger partial charge in [-0.1, -0.05) is 259 Å². The highest BCUT2D eigenvalue weighted by Gasteiger charge is 2.13. The highest BCUT2D eigenvalue weighted by molar-refractivity contribution is 4.66. The number of rotatable bonds is 37. The molecular formula is C45H92. The molecule has 0 spiro atoms. The zero-order chi connectivity index (χ0) is 33.4. The summed E-state index contributed by atoms with van der Waals surface area (Å²) in [4.78, 5) is 0. The minimum atomic E-state index is 0.582. The molecule has 0 aliphatic heterocycles. The number of unbranched alkanes of at least 4 members (excludes halogenated alkanes) is 33. The normalized spacial score (nSPS) is 11.5. The van der Waals surface area contributed by atoms with Crippen molar-refractivity contribution in [2.45, 2.75) is 272 Å². The molecule has 0 saturated carbocycles. The topological polar surface area (TPSA) is 0 Å². The van der Waals surface area contributed by atoms with Crippen molar-refractivity contribution in [2.24, 2.45) is 5.41 Å². The molecule has 0 aromatic carbocycles. The summed E-state index contributed by atoms with van der Waals surface area (Å²) < 4.78 is 0. The average molecular weight is 633 g/mol. The molecule has 0 fully saturated rings. The van der Waals surface area contributed by atoms with Gasteiger partial charge in [-0.2, -0.15) is 0 Å². The maximum atomic E-state index is 3.79. The predicted octanol–water partition coefficient (Wildman–Crippen LogP) is 17.7. The number of hydrogen-bond donors (Lipinski definition) is 0. The van der Waals surface area contributed by atoms with Crippen LogP contribution < -0.4 is 0 Å². The smallest absolute Gasteiger partial charge is 0.0353 e. The fourth-order valence-electron chi connectivity index (χ4n) is 6.52. The van der Waals surface area contributed by atoms with Gasteiger partial charge in [-0.25, -0.2) is 0 Å². The van der Waals surface area contributed by atoms with Crippen molar-refractivity contribution < 1.29 is 0 Å². The summed E-state index contributed by atoms with van der Waals surface area (Å²) in [5.74, 6) is 0. The Morgan fingerprint density at radius 3 is 0.778 bits per heavy atom. The first-order chi connectivity index (χ1) is 22.0. The van der Waals surface area contributed by atoms with E-state index in [4.69, 9.17) is 0 Å². The van der Waals surface area contributed by atoms with Crippen LogP contribution in [0.2, 0.25) is 0 Å². The van der Waals surface area contributed by atoms with Crippen molar-refractivity contribution in [3.05, 3.63) is 12.7 Å². The SMILES string of the molecule is C=CCCCCCCCCCCCCCCCCCCCCCCCC.CCCCCCCCCCCCCCC(C)(C)CC. The molecule has 0 atom stereocenters. The lowest BCUT2D eigenvalue weighted by Crippen LogP contribution is -2.08. The van der Waals surface area contributed by atoms with E-state index < -0.39 is 0 Å². The van der Waals surface area contributed by atoms with Crippen molar-refractivity contribution in [3.63, 3.8) is 0 Å². The molecule has 0 bridgehead atoms.